The van der Waals surface area contributed by atoms with E-state index in [4.69, 9.17) is 4.74 Å². The summed E-state index contributed by atoms with van der Waals surface area (Å²) in [5, 5.41) is 17.3. The van der Waals surface area contributed by atoms with Gasteiger partial charge in [0.15, 0.2) is 6.61 Å². The topological polar surface area (TPSA) is 116 Å². The summed E-state index contributed by atoms with van der Waals surface area (Å²) >= 11 is 0. The van der Waals surface area contributed by atoms with Crippen LogP contribution < -0.4 is 5.32 Å². The molecule has 0 aliphatic carbocycles. The maximum Gasteiger partial charge on any atom is 0.416 e. The van der Waals surface area contributed by atoms with E-state index in [0.29, 0.717) is 17.8 Å². The quantitative estimate of drug-likeness (QED) is 0.347. The minimum atomic E-state index is -4.78. The molecule has 0 saturated carbocycles. The number of amides is 1. The molecule has 0 spiro atoms. The molecule has 0 atom stereocenters. The van der Waals surface area contributed by atoms with Crippen LogP contribution in [0.15, 0.2) is 54.7 Å². The highest BCUT2D eigenvalue weighted by atomic mass is 19.4. The summed E-state index contributed by atoms with van der Waals surface area (Å²) in [5.41, 5.74) is -0.896. The standard InChI is InChI=1S/C20H15F3N4O5/c1-12-8-9-24-26(12)15-5-2-13(3-6-15)19(29)32-11-18(28)25-16-7-4-14(20(21,22)23)10-17(16)27(30)31/h2-10H,11H2,1H3,(H,25,28). The molecule has 0 saturated heterocycles. The number of nitro groups is 1. The average Bonchev–Trinajstić information content (AvgIpc) is 3.17. The molecule has 9 nitrogen and oxygen atoms in total. The van der Waals surface area contributed by atoms with Crippen molar-refractivity contribution in [3.8, 4) is 5.69 Å². The Balaban J connectivity index is 1.63. The van der Waals surface area contributed by atoms with Crippen molar-refractivity contribution in [2.75, 3.05) is 11.9 Å². The molecule has 0 aliphatic rings. The fraction of sp³-hybridized carbons (Fsp3) is 0.150. The Bertz CT molecular complexity index is 1170. The van der Waals surface area contributed by atoms with Crippen LogP contribution in [0.3, 0.4) is 0 Å². The largest absolute Gasteiger partial charge is 0.452 e. The zero-order valence-corrected chi connectivity index (χ0v) is 16.4. The third-order valence-electron chi connectivity index (χ3n) is 4.31. The van der Waals surface area contributed by atoms with Gasteiger partial charge < -0.3 is 10.1 Å². The van der Waals surface area contributed by atoms with Crippen LogP contribution >= 0.6 is 0 Å². The number of aromatic nitrogens is 2. The third-order valence-corrected chi connectivity index (χ3v) is 4.31. The van der Waals surface area contributed by atoms with Gasteiger partial charge >= 0.3 is 12.1 Å². The van der Waals surface area contributed by atoms with Gasteiger partial charge in [0.1, 0.15) is 5.69 Å². The van der Waals surface area contributed by atoms with Crippen molar-refractivity contribution in [1.82, 2.24) is 9.78 Å². The van der Waals surface area contributed by atoms with Crippen molar-refractivity contribution in [2.45, 2.75) is 13.1 Å². The predicted molar refractivity (Wildman–Crippen MR) is 105 cm³/mol. The number of benzene rings is 2. The third kappa shape index (κ3) is 5.09. The van der Waals surface area contributed by atoms with Crippen LogP contribution in [0.4, 0.5) is 24.5 Å². The summed E-state index contributed by atoms with van der Waals surface area (Å²) in [5.74, 6) is -1.78. The molecule has 166 valence electrons. The van der Waals surface area contributed by atoms with Gasteiger partial charge in [-0.15, -0.1) is 0 Å². The van der Waals surface area contributed by atoms with Crippen LogP contribution in [-0.4, -0.2) is 33.2 Å². The Morgan fingerprint density at radius 2 is 1.84 bits per heavy atom. The number of hydrogen-bond acceptors (Lipinski definition) is 6. The molecule has 0 unspecified atom stereocenters. The van der Waals surface area contributed by atoms with Crippen molar-refractivity contribution in [3.63, 3.8) is 0 Å². The second kappa shape index (κ2) is 8.88. The van der Waals surface area contributed by atoms with Gasteiger partial charge in [0.05, 0.1) is 21.7 Å². The molecule has 3 aromatic rings. The second-order valence-electron chi connectivity index (χ2n) is 6.54. The summed E-state index contributed by atoms with van der Waals surface area (Å²) < 4.78 is 44.8. The minimum Gasteiger partial charge on any atom is -0.452 e. The molecule has 3 rings (SSSR count). The molecule has 32 heavy (non-hydrogen) atoms. The van der Waals surface area contributed by atoms with Crippen molar-refractivity contribution in [3.05, 3.63) is 81.7 Å². The lowest BCUT2D eigenvalue weighted by molar-refractivity contribution is -0.384. The van der Waals surface area contributed by atoms with Gasteiger partial charge in [-0.2, -0.15) is 18.3 Å². The number of carbonyl (C=O) groups is 2. The fourth-order valence-corrected chi connectivity index (χ4v) is 2.74. The van der Waals surface area contributed by atoms with E-state index in [1.807, 2.05) is 13.0 Å². The summed E-state index contributed by atoms with van der Waals surface area (Å²) in [6.45, 7) is 1.06. The molecule has 12 heteroatoms. The average molecular weight is 448 g/mol. The number of carbonyl (C=O) groups excluding carboxylic acids is 2. The van der Waals surface area contributed by atoms with Gasteiger partial charge in [-0.1, -0.05) is 0 Å². The minimum absolute atomic E-state index is 0.145. The van der Waals surface area contributed by atoms with Crippen LogP contribution in [0.1, 0.15) is 21.6 Å². The molecule has 1 aromatic heterocycles. The number of hydrogen-bond donors (Lipinski definition) is 1. The molecule has 0 aliphatic heterocycles. The number of aryl methyl sites for hydroxylation is 1. The smallest absolute Gasteiger partial charge is 0.416 e. The van der Waals surface area contributed by atoms with Crippen LogP contribution in [0.25, 0.3) is 5.69 Å². The van der Waals surface area contributed by atoms with Crippen molar-refractivity contribution < 1.29 is 32.4 Å². The van der Waals surface area contributed by atoms with E-state index in [0.717, 1.165) is 11.8 Å². The van der Waals surface area contributed by atoms with Gasteiger partial charge in [0.25, 0.3) is 11.6 Å². The molecular weight excluding hydrogens is 433 g/mol. The number of ether oxygens (including phenoxy) is 1. The first-order valence-corrected chi connectivity index (χ1v) is 9.00. The lowest BCUT2D eigenvalue weighted by Crippen LogP contribution is -2.21. The van der Waals surface area contributed by atoms with E-state index in [9.17, 15) is 32.9 Å². The van der Waals surface area contributed by atoms with Gasteiger partial charge in [-0.3, -0.25) is 14.9 Å². The number of halogens is 3. The Morgan fingerprint density at radius 1 is 1.16 bits per heavy atom. The molecule has 1 heterocycles. The fourth-order valence-electron chi connectivity index (χ4n) is 2.74. The number of nitrogens with one attached hydrogen (secondary N) is 1. The van der Waals surface area contributed by atoms with Crippen molar-refractivity contribution in [2.24, 2.45) is 0 Å². The molecule has 1 N–H and O–H groups in total. The predicted octanol–water partition coefficient (Wildman–Crippen LogP) is 3.90. The second-order valence-corrected chi connectivity index (χ2v) is 6.54. The summed E-state index contributed by atoms with van der Waals surface area (Å²) in [6, 6.07) is 9.67. The summed E-state index contributed by atoms with van der Waals surface area (Å²) in [4.78, 5) is 34.2. The van der Waals surface area contributed by atoms with E-state index in [2.05, 4.69) is 10.4 Å². The van der Waals surface area contributed by atoms with E-state index in [-0.39, 0.29) is 5.56 Å². The molecule has 2 aromatic carbocycles. The van der Waals surface area contributed by atoms with E-state index < -0.39 is 46.5 Å². The number of nitro benzene ring substituents is 1. The normalized spacial score (nSPS) is 11.1. The van der Waals surface area contributed by atoms with Gasteiger partial charge in [0.2, 0.25) is 0 Å². The Kier molecular flexibility index (Phi) is 6.23. The lowest BCUT2D eigenvalue weighted by Gasteiger charge is -2.10. The zero-order chi connectivity index (χ0) is 23.5. The van der Waals surface area contributed by atoms with E-state index in [1.54, 1.807) is 23.0 Å². The number of esters is 1. The van der Waals surface area contributed by atoms with Crippen molar-refractivity contribution in [1.29, 1.82) is 0 Å². The van der Waals surface area contributed by atoms with Crippen LogP contribution in [0.2, 0.25) is 0 Å². The monoisotopic (exact) mass is 448 g/mol. The highest BCUT2D eigenvalue weighted by Gasteiger charge is 2.33. The summed E-state index contributed by atoms with van der Waals surface area (Å²) in [6.07, 6.45) is -3.16. The highest BCUT2D eigenvalue weighted by molar-refractivity contribution is 5.96. The Morgan fingerprint density at radius 3 is 2.41 bits per heavy atom. The first kappa shape index (κ1) is 22.5. The Hall–Kier alpha value is -4.22. The molecule has 0 fully saturated rings. The lowest BCUT2D eigenvalue weighted by atomic mass is 10.1. The Labute approximate surface area is 178 Å². The SMILES string of the molecule is Cc1ccnn1-c1ccc(C(=O)OCC(=O)Nc2ccc(C(F)(F)F)cc2[N+](=O)[O-])cc1. The van der Waals surface area contributed by atoms with Crippen molar-refractivity contribution >= 4 is 23.3 Å². The first-order valence-electron chi connectivity index (χ1n) is 9.00. The van der Waals surface area contributed by atoms with Crippen LogP contribution in [0.5, 0.6) is 0 Å². The molecule has 0 radical (unpaired) electrons. The highest BCUT2D eigenvalue weighted by Crippen LogP contribution is 2.34. The maximum absolute atomic E-state index is 12.7. The number of alkyl halides is 3. The van der Waals surface area contributed by atoms with E-state index in [1.165, 1.54) is 12.1 Å². The van der Waals surface area contributed by atoms with Gasteiger partial charge in [-0.25, -0.2) is 9.48 Å². The first-order chi connectivity index (χ1) is 15.1. The van der Waals surface area contributed by atoms with E-state index >= 15 is 0 Å². The summed E-state index contributed by atoms with van der Waals surface area (Å²) in [7, 11) is 0. The zero-order valence-electron chi connectivity index (χ0n) is 16.4. The number of rotatable bonds is 6. The molecule has 0 bridgehead atoms. The number of nitrogens with zero attached hydrogens (tertiary/aromatic N) is 3. The molecular formula is C20H15F3N4O5. The van der Waals surface area contributed by atoms with Gasteiger partial charge in [-0.05, 0) is 49.4 Å². The molecule has 1 amide bonds. The van der Waals surface area contributed by atoms with Gasteiger partial charge in [0, 0.05) is 18.0 Å². The van der Waals surface area contributed by atoms with Crippen LogP contribution in [-0.2, 0) is 15.7 Å². The number of anilines is 1. The maximum atomic E-state index is 12.7. The van der Waals surface area contributed by atoms with Crippen LogP contribution in [0, 0.1) is 17.0 Å².